The summed E-state index contributed by atoms with van der Waals surface area (Å²) < 4.78 is 15.0. The number of carbonyl (C=O) groups excluding carboxylic acids is 2. The number of fused-ring (bicyclic) bond motifs is 1. The van der Waals surface area contributed by atoms with E-state index in [1.807, 2.05) is 13.8 Å². The van der Waals surface area contributed by atoms with Crippen LogP contribution in [-0.2, 0) is 9.47 Å². The van der Waals surface area contributed by atoms with Gasteiger partial charge in [0.1, 0.15) is 0 Å². The standard InChI is InChI=1S/C12H10O4S2.6CH3.2Sn/c1-3-15-11(13)7-5-17-10-8(6-18-9(7)10)12(14)16-4-2;;;;;;;;/h3-4H2,1-2H3;6*1H3;;. The Balaban J connectivity index is 2.88. The van der Waals surface area contributed by atoms with Gasteiger partial charge in [-0.3, -0.25) is 0 Å². The molecule has 0 fully saturated rings. The van der Waals surface area contributed by atoms with E-state index in [-0.39, 0.29) is 11.9 Å². The number of esters is 2. The van der Waals surface area contributed by atoms with Crippen molar-refractivity contribution in [3.63, 3.8) is 0 Å². The van der Waals surface area contributed by atoms with Gasteiger partial charge in [0.2, 0.25) is 0 Å². The topological polar surface area (TPSA) is 52.6 Å². The minimum absolute atomic E-state index is 0.243. The van der Waals surface area contributed by atoms with Crippen LogP contribution in [0.15, 0.2) is 0 Å². The molecule has 0 radical (unpaired) electrons. The molecule has 0 spiro atoms. The second kappa shape index (κ2) is 8.29. The average Bonchev–Trinajstić information content (AvgIpc) is 3.01. The normalized spacial score (nSPS) is 12.5. The molecule has 4 nitrogen and oxygen atoms in total. The SMILES string of the molecule is CCOC(=O)c1[c]([Sn]([CH3])([CH3])[CH3])sc2c(C(=O)OCC)[c]([Sn]([CH3])([CH3])[CH3])sc12. The number of ether oxygens (including phenoxy) is 2. The van der Waals surface area contributed by atoms with Crippen molar-refractivity contribution in [2.24, 2.45) is 0 Å². The van der Waals surface area contributed by atoms with Crippen LogP contribution in [0, 0.1) is 0 Å². The molecule has 144 valence electrons. The van der Waals surface area contributed by atoms with Crippen LogP contribution in [0.3, 0.4) is 0 Å². The summed E-state index contributed by atoms with van der Waals surface area (Å²) in [7, 11) is 0. The van der Waals surface area contributed by atoms with Crippen molar-refractivity contribution in [2.45, 2.75) is 43.5 Å². The van der Waals surface area contributed by atoms with E-state index in [1.165, 1.54) is 5.79 Å². The second-order valence-electron chi connectivity index (χ2n) is 8.21. The first-order valence-corrected chi connectivity index (χ1v) is 30.5. The maximum atomic E-state index is 12.8. The Bertz CT molecular complexity index is 768. The Morgan fingerprint density at radius 3 is 1.27 bits per heavy atom. The van der Waals surface area contributed by atoms with E-state index >= 15 is 0 Å². The van der Waals surface area contributed by atoms with E-state index in [9.17, 15) is 9.59 Å². The summed E-state index contributed by atoms with van der Waals surface area (Å²) in [6, 6.07) is 0. The molecule has 2 aromatic rings. The van der Waals surface area contributed by atoms with Crippen LogP contribution in [0.1, 0.15) is 34.6 Å². The van der Waals surface area contributed by atoms with E-state index in [4.69, 9.17) is 9.47 Å². The fourth-order valence-electron chi connectivity index (χ4n) is 2.77. The summed E-state index contributed by atoms with van der Waals surface area (Å²) in [6.45, 7) is 4.38. The zero-order chi connectivity index (χ0) is 19.9. The van der Waals surface area contributed by atoms with Crippen LogP contribution >= 0.6 is 22.7 Å². The predicted octanol–water partition coefficient (Wildman–Crippen LogP) is 4.41. The Hall–Kier alpha value is 0.197. The zero-order valence-electron chi connectivity index (χ0n) is 16.9. The van der Waals surface area contributed by atoms with Crippen molar-refractivity contribution in [2.75, 3.05) is 13.2 Å². The van der Waals surface area contributed by atoms with Crippen LogP contribution in [0.4, 0.5) is 0 Å². The van der Waals surface area contributed by atoms with Crippen LogP contribution in [-0.4, -0.2) is 61.9 Å². The third kappa shape index (κ3) is 4.43. The fourth-order valence-corrected chi connectivity index (χ4v) is 18.8. The molecule has 0 aromatic carbocycles. The Morgan fingerprint density at radius 2 is 1.04 bits per heavy atom. The van der Waals surface area contributed by atoms with Gasteiger partial charge in [0.25, 0.3) is 0 Å². The minimum atomic E-state index is -2.57. The summed E-state index contributed by atoms with van der Waals surface area (Å²) in [4.78, 5) is 39.3. The van der Waals surface area contributed by atoms with Gasteiger partial charge in [-0.05, 0) is 0 Å². The average molecular weight is 610 g/mol. The Kier molecular flexibility index (Phi) is 7.17. The Labute approximate surface area is 172 Å². The van der Waals surface area contributed by atoms with Crippen LogP contribution in [0.2, 0.25) is 29.6 Å². The number of rotatable bonds is 6. The van der Waals surface area contributed by atoms with Gasteiger partial charge >= 0.3 is 173 Å². The second-order valence-corrected chi connectivity index (χ2v) is 40.9. The molecule has 0 saturated carbocycles. The van der Waals surface area contributed by atoms with E-state index in [2.05, 4.69) is 29.6 Å². The van der Waals surface area contributed by atoms with Crippen molar-refractivity contribution < 1.29 is 19.1 Å². The molecule has 0 aliphatic heterocycles. The van der Waals surface area contributed by atoms with Crippen molar-refractivity contribution in [1.29, 1.82) is 0 Å². The third-order valence-corrected chi connectivity index (χ3v) is 25.2. The third-order valence-electron chi connectivity index (χ3n) is 3.84. The van der Waals surface area contributed by atoms with E-state index < -0.39 is 36.8 Å². The zero-order valence-corrected chi connectivity index (χ0v) is 24.2. The molecule has 0 atom stereocenters. The molecule has 0 saturated heterocycles. The van der Waals surface area contributed by atoms with Gasteiger partial charge in [0.05, 0.1) is 0 Å². The monoisotopic (exact) mass is 612 g/mol. The quantitative estimate of drug-likeness (QED) is 0.360. The van der Waals surface area contributed by atoms with E-state index in [1.54, 1.807) is 22.7 Å². The summed E-state index contributed by atoms with van der Waals surface area (Å²) in [5.41, 5.74) is 1.46. The molecule has 0 bridgehead atoms. The molecule has 0 N–H and O–H groups in total. The maximum absolute atomic E-state index is 12.8. The molecule has 0 amide bonds. The molecule has 26 heavy (non-hydrogen) atoms. The summed E-state index contributed by atoms with van der Waals surface area (Å²) >= 11 is -1.85. The van der Waals surface area contributed by atoms with Crippen LogP contribution in [0.5, 0.6) is 0 Å². The van der Waals surface area contributed by atoms with Crippen LogP contribution < -0.4 is 5.79 Å². The molecule has 2 heterocycles. The van der Waals surface area contributed by atoms with E-state index in [0.717, 1.165) is 20.5 Å². The molecule has 8 heteroatoms. The van der Waals surface area contributed by atoms with E-state index in [0.29, 0.717) is 13.2 Å². The first kappa shape index (κ1) is 22.5. The van der Waals surface area contributed by atoms with Gasteiger partial charge in [0.15, 0.2) is 0 Å². The van der Waals surface area contributed by atoms with Gasteiger partial charge in [-0.15, -0.1) is 0 Å². The molecular formula is C18H28O4S2Sn2. The number of thiophene rings is 2. The van der Waals surface area contributed by atoms with Gasteiger partial charge in [-0.1, -0.05) is 0 Å². The first-order valence-electron chi connectivity index (χ1n) is 8.87. The van der Waals surface area contributed by atoms with Crippen molar-refractivity contribution >= 4 is 86.6 Å². The van der Waals surface area contributed by atoms with Gasteiger partial charge < -0.3 is 0 Å². The van der Waals surface area contributed by atoms with Gasteiger partial charge in [-0.2, -0.15) is 0 Å². The Morgan fingerprint density at radius 1 is 0.731 bits per heavy atom. The molecule has 0 unspecified atom stereocenters. The summed E-state index contributed by atoms with van der Waals surface area (Å²) in [6.07, 6.45) is 0. The number of carbonyl (C=O) groups is 2. The number of hydrogen-bond donors (Lipinski definition) is 0. The summed E-state index contributed by atoms with van der Waals surface area (Å²) in [5.74, 6) is -0.486. The molecule has 0 aliphatic rings. The fraction of sp³-hybridized carbons (Fsp3) is 0.556. The molecule has 2 rings (SSSR count). The molecule has 2 aromatic heterocycles. The molecule has 0 aliphatic carbocycles. The number of hydrogen-bond acceptors (Lipinski definition) is 6. The van der Waals surface area contributed by atoms with Crippen molar-refractivity contribution in [3.05, 3.63) is 11.1 Å². The van der Waals surface area contributed by atoms with Gasteiger partial charge in [0, 0.05) is 0 Å². The van der Waals surface area contributed by atoms with Crippen LogP contribution in [0.25, 0.3) is 9.40 Å². The van der Waals surface area contributed by atoms with Gasteiger partial charge in [-0.25, -0.2) is 0 Å². The van der Waals surface area contributed by atoms with Crippen molar-refractivity contribution in [1.82, 2.24) is 0 Å². The predicted molar refractivity (Wildman–Crippen MR) is 118 cm³/mol. The first-order chi connectivity index (χ1) is 11.9. The van der Waals surface area contributed by atoms with Crippen molar-refractivity contribution in [3.8, 4) is 0 Å². The molecular weight excluding hydrogens is 582 g/mol. The summed E-state index contributed by atoms with van der Waals surface area (Å²) in [5, 5.41) is 0.